The standard InChI is InChI=1S/C24H27ClF3N3OS2/c1-23(11-4-12-33-2)15-31(14-21(32)29-17-6-8-18(34-3)9-7-17)30-22(23)16-5-10-19(20(25)13-16)24(26,27)28/h5-10,13H,4,11-12,14-15H2,1-3H3,(H,29,32). The molecule has 184 valence electrons. The van der Waals surface area contributed by atoms with Crippen LogP contribution >= 0.6 is 35.1 Å². The molecule has 3 rings (SSSR count). The van der Waals surface area contributed by atoms with E-state index in [-0.39, 0.29) is 17.5 Å². The highest BCUT2D eigenvalue weighted by molar-refractivity contribution is 7.98. The summed E-state index contributed by atoms with van der Waals surface area (Å²) in [5.41, 5.74) is 0.605. The smallest absolute Gasteiger partial charge is 0.324 e. The van der Waals surface area contributed by atoms with Crippen molar-refractivity contribution in [3.05, 3.63) is 58.6 Å². The van der Waals surface area contributed by atoms with Crippen molar-refractivity contribution >= 4 is 52.4 Å². The van der Waals surface area contributed by atoms with E-state index in [9.17, 15) is 18.0 Å². The molecule has 0 spiro atoms. The lowest BCUT2D eigenvalue weighted by Gasteiger charge is -2.27. The molecule has 0 saturated carbocycles. The van der Waals surface area contributed by atoms with Gasteiger partial charge in [-0.05, 0) is 73.1 Å². The Bertz CT molecular complexity index is 1050. The Morgan fingerprint density at radius 2 is 1.91 bits per heavy atom. The zero-order chi connectivity index (χ0) is 24.9. The molecule has 1 aliphatic rings. The van der Waals surface area contributed by atoms with E-state index >= 15 is 0 Å². The summed E-state index contributed by atoms with van der Waals surface area (Å²) in [5, 5.41) is 8.88. The van der Waals surface area contributed by atoms with Crippen LogP contribution in [-0.4, -0.2) is 48.0 Å². The molecule has 1 amide bonds. The molecule has 1 aliphatic heterocycles. The molecule has 2 aromatic carbocycles. The number of thioether (sulfide) groups is 2. The first-order chi connectivity index (χ1) is 16.1. The van der Waals surface area contributed by atoms with Gasteiger partial charge >= 0.3 is 6.18 Å². The van der Waals surface area contributed by atoms with Crippen LogP contribution in [0.4, 0.5) is 18.9 Å². The first-order valence-electron chi connectivity index (χ1n) is 10.7. The van der Waals surface area contributed by atoms with Gasteiger partial charge in [-0.2, -0.15) is 30.0 Å². The summed E-state index contributed by atoms with van der Waals surface area (Å²) in [5.74, 6) is 0.752. The highest BCUT2D eigenvalue weighted by atomic mass is 35.5. The van der Waals surface area contributed by atoms with Gasteiger partial charge in [0.1, 0.15) is 6.54 Å². The first-order valence-corrected chi connectivity index (χ1v) is 13.7. The highest BCUT2D eigenvalue weighted by Crippen LogP contribution is 2.39. The lowest BCUT2D eigenvalue weighted by Crippen LogP contribution is -2.34. The monoisotopic (exact) mass is 529 g/mol. The lowest BCUT2D eigenvalue weighted by atomic mass is 9.78. The van der Waals surface area contributed by atoms with E-state index in [4.69, 9.17) is 11.6 Å². The molecule has 0 saturated heterocycles. The summed E-state index contributed by atoms with van der Waals surface area (Å²) in [7, 11) is 0. The van der Waals surface area contributed by atoms with Gasteiger partial charge in [0.15, 0.2) is 0 Å². The summed E-state index contributed by atoms with van der Waals surface area (Å²) >= 11 is 9.34. The largest absolute Gasteiger partial charge is 0.417 e. The number of hydrazone groups is 1. The highest BCUT2D eigenvalue weighted by Gasteiger charge is 2.40. The third-order valence-electron chi connectivity index (χ3n) is 5.67. The van der Waals surface area contributed by atoms with Crippen molar-refractivity contribution in [3.8, 4) is 0 Å². The predicted octanol–water partition coefficient (Wildman–Crippen LogP) is 6.89. The van der Waals surface area contributed by atoms with E-state index in [1.165, 1.54) is 12.1 Å². The summed E-state index contributed by atoms with van der Waals surface area (Å²) in [4.78, 5) is 13.8. The number of halogens is 4. The molecule has 1 unspecified atom stereocenters. The number of benzene rings is 2. The molecule has 10 heteroatoms. The van der Waals surface area contributed by atoms with Crippen molar-refractivity contribution in [3.63, 3.8) is 0 Å². The number of hydrogen-bond donors (Lipinski definition) is 1. The maximum absolute atomic E-state index is 13.2. The fourth-order valence-electron chi connectivity index (χ4n) is 4.01. The third kappa shape index (κ3) is 6.64. The van der Waals surface area contributed by atoms with E-state index in [0.29, 0.717) is 23.5 Å². The molecule has 0 aromatic heterocycles. The molecule has 34 heavy (non-hydrogen) atoms. The number of carbonyl (C=O) groups is 1. The summed E-state index contributed by atoms with van der Waals surface area (Å²) in [6.45, 7) is 2.57. The summed E-state index contributed by atoms with van der Waals surface area (Å²) < 4.78 is 39.5. The minimum Gasteiger partial charge on any atom is -0.324 e. The van der Waals surface area contributed by atoms with Crippen LogP contribution in [-0.2, 0) is 11.0 Å². The molecular formula is C24H27ClF3N3OS2. The average molecular weight is 530 g/mol. The second kappa shape index (κ2) is 11.3. The van der Waals surface area contributed by atoms with Crippen molar-refractivity contribution in [1.29, 1.82) is 0 Å². The molecule has 0 radical (unpaired) electrons. The number of amides is 1. The van der Waals surface area contributed by atoms with E-state index < -0.39 is 17.2 Å². The van der Waals surface area contributed by atoms with Crippen LogP contribution in [0.1, 0.15) is 30.9 Å². The maximum atomic E-state index is 13.2. The average Bonchev–Trinajstić information content (AvgIpc) is 3.09. The second-order valence-electron chi connectivity index (χ2n) is 8.40. The Morgan fingerprint density at radius 3 is 2.50 bits per heavy atom. The van der Waals surface area contributed by atoms with Crippen molar-refractivity contribution in [2.24, 2.45) is 10.5 Å². The Labute approximate surface area is 211 Å². The maximum Gasteiger partial charge on any atom is 0.417 e. The van der Waals surface area contributed by atoms with E-state index in [2.05, 4.69) is 10.4 Å². The zero-order valence-corrected chi connectivity index (χ0v) is 21.6. The van der Waals surface area contributed by atoms with Crippen LogP contribution in [0, 0.1) is 5.41 Å². The molecule has 0 fully saturated rings. The van der Waals surface area contributed by atoms with Crippen molar-refractivity contribution in [1.82, 2.24) is 5.01 Å². The molecular weight excluding hydrogens is 503 g/mol. The Morgan fingerprint density at radius 1 is 1.21 bits per heavy atom. The fourth-order valence-corrected chi connectivity index (χ4v) is 5.14. The van der Waals surface area contributed by atoms with E-state index in [0.717, 1.165) is 29.6 Å². The quantitative estimate of drug-likeness (QED) is 0.284. The van der Waals surface area contributed by atoms with Gasteiger partial charge in [0.25, 0.3) is 0 Å². The van der Waals surface area contributed by atoms with Gasteiger partial charge in [-0.3, -0.25) is 9.80 Å². The fraction of sp³-hybridized carbons (Fsp3) is 0.417. The van der Waals surface area contributed by atoms with Gasteiger partial charge in [0, 0.05) is 22.5 Å². The summed E-state index contributed by atoms with van der Waals surface area (Å²) in [6, 6.07) is 11.3. The third-order valence-corrected chi connectivity index (χ3v) is 7.42. The van der Waals surface area contributed by atoms with E-state index in [1.807, 2.05) is 43.7 Å². The van der Waals surface area contributed by atoms with Gasteiger partial charge in [0.2, 0.25) is 5.91 Å². The number of nitrogens with one attached hydrogen (secondary N) is 1. The molecule has 1 N–H and O–H groups in total. The second-order valence-corrected chi connectivity index (χ2v) is 10.7. The molecule has 2 aromatic rings. The first kappa shape index (κ1) is 26.8. The van der Waals surface area contributed by atoms with Crippen LogP contribution in [0.2, 0.25) is 5.02 Å². The normalized spacial score (nSPS) is 18.2. The number of anilines is 1. The van der Waals surface area contributed by atoms with Crippen LogP contribution < -0.4 is 5.32 Å². The molecule has 1 heterocycles. The van der Waals surface area contributed by atoms with Crippen LogP contribution in [0.25, 0.3) is 0 Å². The minimum absolute atomic E-state index is 0.0419. The summed E-state index contributed by atoms with van der Waals surface area (Å²) in [6.07, 6.45) is 1.21. The minimum atomic E-state index is -4.52. The Balaban J connectivity index is 1.81. The molecule has 1 atom stereocenters. The Kier molecular flexibility index (Phi) is 8.87. The van der Waals surface area contributed by atoms with Crippen molar-refractivity contribution < 1.29 is 18.0 Å². The molecule has 4 nitrogen and oxygen atoms in total. The van der Waals surface area contributed by atoms with E-state index in [1.54, 1.807) is 28.5 Å². The number of carbonyl (C=O) groups excluding carboxylic acids is 1. The zero-order valence-electron chi connectivity index (χ0n) is 19.2. The van der Waals surface area contributed by atoms with Gasteiger partial charge in [0.05, 0.1) is 16.3 Å². The van der Waals surface area contributed by atoms with Gasteiger partial charge in [-0.15, -0.1) is 11.8 Å². The number of nitrogens with zero attached hydrogens (tertiary/aromatic N) is 2. The van der Waals surface area contributed by atoms with Gasteiger partial charge in [-0.1, -0.05) is 24.6 Å². The van der Waals surface area contributed by atoms with Gasteiger partial charge in [-0.25, -0.2) is 0 Å². The molecule has 0 aliphatic carbocycles. The molecule has 0 bridgehead atoms. The van der Waals surface area contributed by atoms with Crippen LogP contribution in [0.15, 0.2) is 52.5 Å². The number of rotatable bonds is 9. The topological polar surface area (TPSA) is 44.7 Å². The van der Waals surface area contributed by atoms with Crippen molar-refractivity contribution in [2.75, 3.05) is 36.7 Å². The van der Waals surface area contributed by atoms with Crippen molar-refractivity contribution in [2.45, 2.75) is 30.8 Å². The number of alkyl halides is 3. The SMILES string of the molecule is CSCCCC1(C)CN(CC(=O)Nc2ccc(SC)cc2)N=C1c1ccc(C(F)(F)F)c(Cl)c1. The van der Waals surface area contributed by atoms with Gasteiger partial charge < -0.3 is 5.32 Å². The van der Waals surface area contributed by atoms with Crippen LogP contribution in [0.3, 0.4) is 0 Å². The number of hydrogen-bond acceptors (Lipinski definition) is 5. The van der Waals surface area contributed by atoms with Crippen LogP contribution in [0.5, 0.6) is 0 Å². The predicted molar refractivity (Wildman–Crippen MR) is 137 cm³/mol. The lowest BCUT2D eigenvalue weighted by molar-refractivity contribution is -0.137. The Hall–Kier alpha value is -1.84.